The summed E-state index contributed by atoms with van der Waals surface area (Å²) in [6.45, 7) is 1.75. The lowest BCUT2D eigenvalue weighted by Crippen LogP contribution is -1.96. The second kappa shape index (κ2) is 3.69. The summed E-state index contributed by atoms with van der Waals surface area (Å²) < 4.78 is 10.4. The lowest BCUT2D eigenvalue weighted by molar-refractivity contribution is 0.0699. The zero-order valence-corrected chi connectivity index (χ0v) is 9.38. The molecule has 0 aliphatic heterocycles. The van der Waals surface area contributed by atoms with E-state index in [2.05, 4.69) is 10.1 Å². The first-order valence-corrected chi connectivity index (χ1v) is 5.21. The molecule has 2 aromatic heterocycles. The fourth-order valence-corrected chi connectivity index (χ4v) is 1.70. The number of carboxylic acids is 1. The molecule has 0 aliphatic rings. The molecule has 18 heavy (non-hydrogen) atoms. The number of para-hydroxylation sites is 1. The van der Waals surface area contributed by atoms with Gasteiger partial charge in [-0.2, -0.15) is 0 Å². The van der Waals surface area contributed by atoms with Gasteiger partial charge in [0.25, 0.3) is 0 Å². The van der Waals surface area contributed by atoms with Gasteiger partial charge in [0.1, 0.15) is 11.3 Å². The Hall–Kier alpha value is -2.63. The van der Waals surface area contributed by atoms with Gasteiger partial charge in [-0.05, 0) is 19.1 Å². The van der Waals surface area contributed by atoms with Crippen molar-refractivity contribution < 1.29 is 18.8 Å². The van der Waals surface area contributed by atoms with E-state index in [1.165, 1.54) is 6.07 Å². The molecule has 3 aromatic rings. The highest BCUT2D eigenvalue weighted by Gasteiger charge is 2.17. The van der Waals surface area contributed by atoms with Crippen LogP contribution in [0.3, 0.4) is 0 Å². The highest BCUT2D eigenvalue weighted by atomic mass is 16.5. The molecule has 0 saturated heterocycles. The summed E-state index contributed by atoms with van der Waals surface area (Å²) >= 11 is 0. The van der Waals surface area contributed by atoms with Gasteiger partial charge in [-0.1, -0.05) is 11.2 Å². The molecule has 90 valence electrons. The molecular formula is C12H8N2O4. The van der Waals surface area contributed by atoms with Crippen molar-refractivity contribution in [3.63, 3.8) is 0 Å². The Balaban J connectivity index is 2.22. The Labute approximate surface area is 101 Å². The number of rotatable bonds is 2. The Morgan fingerprint density at radius 1 is 1.39 bits per heavy atom. The second-order valence-corrected chi connectivity index (χ2v) is 3.80. The minimum Gasteiger partial charge on any atom is -0.478 e. The van der Waals surface area contributed by atoms with E-state index in [-0.39, 0.29) is 11.5 Å². The van der Waals surface area contributed by atoms with Crippen LogP contribution in [0.5, 0.6) is 0 Å². The van der Waals surface area contributed by atoms with Gasteiger partial charge < -0.3 is 14.0 Å². The van der Waals surface area contributed by atoms with Crippen LogP contribution in [0.4, 0.5) is 0 Å². The Morgan fingerprint density at radius 2 is 2.22 bits per heavy atom. The normalized spacial score (nSPS) is 10.9. The van der Waals surface area contributed by atoms with Crippen LogP contribution >= 0.6 is 0 Å². The molecule has 0 spiro atoms. The first-order valence-electron chi connectivity index (χ1n) is 5.21. The predicted octanol–water partition coefficient (Wildman–Crippen LogP) is 2.49. The number of aryl methyl sites for hydroxylation is 1. The van der Waals surface area contributed by atoms with Crippen LogP contribution in [0.25, 0.3) is 22.7 Å². The first-order chi connectivity index (χ1) is 8.65. The van der Waals surface area contributed by atoms with Crippen LogP contribution in [-0.2, 0) is 0 Å². The van der Waals surface area contributed by atoms with Crippen molar-refractivity contribution in [1.82, 2.24) is 10.1 Å². The topological polar surface area (TPSA) is 89.4 Å². The molecule has 0 bridgehead atoms. The van der Waals surface area contributed by atoms with E-state index >= 15 is 0 Å². The van der Waals surface area contributed by atoms with Crippen molar-refractivity contribution in [2.75, 3.05) is 0 Å². The highest BCUT2D eigenvalue weighted by Crippen LogP contribution is 2.25. The van der Waals surface area contributed by atoms with Crippen molar-refractivity contribution in [3.8, 4) is 11.6 Å². The van der Waals surface area contributed by atoms with Crippen LogP contribution in [0.1, 0.15) is 16.1 Å². The van der Waals surface area contributed by atoms with Crippen LogP contribution < -0.4 is 0 Å². The molecule has 0 fully saturated rings. The minimum absolute atomic E-state index is 0.0997. The summed E-state index contributed by atoms with van der Waals surface area (Å²) in [6, 6.07) is 6.41. The molecule has 0 amide bonds. The van der Waals surface area contributed by atoms with Crippen LogP contribution in [0.2, 0.25) is 0 Å². The van der Waals surface area contributed by atoms with Crippen molar-refractivity contribution in [2.24, 2.45) is 0 Å². The average Bonchev–Trinajstić information content (AvgIpc) is 2.93. The number of oxazole rings is 1. The first kappa shape index (κ1) is 10.5. The van der Waals surface area contributed by atoms with Gasteiger partial charge in [-0.15, -0.1) is 0 Å². The standard InChI is InChI=1S/C12H8N2O4/c1-6-5-8(14-18-6)11-13-10-7(12(15)16)3-2-4-9(10)17-11/h2-5H,1H3,(H,15,16). The van der Waals surface area contributed by atoms with Gasteiger partial charge in [-0.3, -0.25) is 0 Å². The van der Waals surface area contributed by atoms with Gasteiger partial charge in [-0.25, -0.2) is 9.78 Å². The van der Waals surface area contributed by atoms with Crippen molar-refractivity contribution in [1.29, 1.82) is 0 Å². The van der Waals surface area contributed by atoms with Crippen molar-refractivity contribution in [3.05, 3.63) is 35.6 Å². The van der Waals surface area contributed by atoms with E-state index < -0.39 is 5.97 Å². The predicted molar refractivity (Wildman–Crippen MR) is 61.2 cm³/mol. The zero-order chi connectivity index (χ0) is 12.7. The van der Waals surface area contributed by atoms with Crippen LogP contribution in [0, 0.1) is 6.92 Å². The molecule has 0 atom stereocenters. The van der Waals surface area contributed by atoms with Gasteiger partial charge in [0.15, 0.2) is 11.3 Å². The summed E-state index contributed by atoms with van der Waals surface area (Å²) in [6.07, 6.45) is 0. The molecule has 0 saturated carbocycles. The third kappa shape index (κ3) is 1.55. The van der Waals surface area contributed by atoms with E-state index in [9.17, 15) is 4.79 Å². The highest BCUT2D eigenvalue weighted by molar-refractivity contribution is 6.00. The van der Waals surface area contributed by atoms with Gasteiger partial charge >= 0.3 is 5.97 Å². The molecule has 6 nitrogen and oxygen atoms in total. The number of carbonyl (C=O) groups is 1. The molecule has 0 aliphatic carbocycles. The van der Waals surface area contributed by atoms with Crippen molar-refractivity contribution in [2.45, 2.75) is 6.92 Å². The summed E-state index contributed by atoms with van der Waals surface area (Å²) in [4.78, 5) is 15.2. The Bertz CT molecular complexity index is 741. The minimum atomic E-state index is -1.04. The van der Waals surface area contributed by atoms with Gasteiger partial charge in [0.2, 0.25) is 5.89 Å². The maximum absolute atomic E-state index is 11.0. The number of benzene rings is 1. The lowest BCUT2D eigenvalue weighted by Gasteiger charge is -1.92. The summed E-state index contributed by atoms with van der Waals surface area (Å²) in [7, 11) is 0. The lowest BCUT2D eigenvalue weighted by atomic mass is 10.2. The maximum Gasteiger partial charge on any atom is 0.338 e. The van der Waals surface area contributed by atoms with Gasteiger partial charge in [0.05, 0.1) is 5.56 Å². The smallest absolute Gasteiger partial charge is 0.338 e. The Kier molecular flexibility index (Phi) is 2.16. The SMILES string of the molecule is Cc1cc(-c2nc3c(C(=O)O)cccc3o2)no1. The summed E-state index contributed by atoms with van der Waals surface area (Å²) in [5, 5.41) is 12.8. The number of aromatic nitrogens is 2. The molecular weight excluding hydrogens is 236 g/mol. The van der Waals surface area contributed by atoms with E-state index in [0.29, 0.717) is 22.6 Å². The average molecular weight is 244 g/mol. The summed E-state index contributed by atoms with van der Waals surface area (Å²) in [5.41, 5.74) is 1.26. The molecule has 0 unspecified atom stereocenters. The maximum atomic E-state index is 11.0. The fraction of sp³-hybridized carbons (Fsp3) is 0.0833. The number of carboxylic acid groups (broad SMARTS) is 1. The monoisotopic (exact) mass is 244 g/mol. The molecule has 6 heteroatoms. The van der Waals surface area contributed by atoms with E-state index in [1.54, 1.807) is 25.1 Å². The number of fused-ring (bicyclic) bond motifs is 1. The molecule has 1 N–H and O–H groups in total. The van der Waals surface area contributed by atoms with Crippen LogP contribution in [-0.4, -0.2) is 21.2 Å². The third-order valence-corrected chi connectivity index (χ3v) is 2.50. The summed E-state index contributed by atoms with van der Waals surface area (Å²) in [5.74, 6) is -0.168. The molecule has 0 radical (unpaired) electrons. The van der Waals surface area contributed by atoms with E-state index in [0.717, 1.165) is 0 Å². The van der Waals surface area contributed by atoms with Crippen LogP contribution in [0.15, 0.2) is 33.2 Å². The number of aromatic carboxylic acids is 1. The van der Waals surface area contributed by atoms with Crippen molar-refractivity contribution >= 4 is 17.1 Å². The largest absolute Gasteiger partial charge is 0.478 e. The quantitative estimate of drug-likeness (QED) is 0.744. The number of hydrogen-bond acceptors (Lipinski definition) is 5. The van der Waals surface area contributed by atoms with Gasteiger partial charge in [0, 0.05) is 6.07 Å². The molecule has 3 rings (SSSR count). The van der Waals surface area contributed by atoms with E-state index in [1.807, 2.05) is 0 Å². The molecule has 2 heterocycles. The fourth-order valence-electron chi connectivity index (χ4n) is 1.70. The van der Waals surface area contributed by atoms with E-state index in [4.69, 9.17) is 14.0 Å². The Morgan fingerprint density at radius 3 is 2.89 bits per heavy atom. The number of hydrogen-bond donors (Lipinski definition) is 1. The second-order valence-electron chi connectivity index (χ2n) is 3.80. The number of nitrogens with zero attached hydrogens (tertiary/aromatic N) is 2. The zero-order valence-electron chi connectivity index (χ0n) is 9.38. The molecule has 1 aromatic carbocycles. The third-order valence-electron chi connectivity index (χ3n) is 2.50.